The second kappa shape index (κ2) is 53.3. The maximum Gasteiger partial charge on any atom is 0.0135 e. The lowest BCUT2D eigenvalue weighted by Gasteiger charge is -2.07. The second-order valence-corrected chi connectivity index (χ2v) is 15.5. The molecule has 0 spiro atoms. The predicted molar refractivity (Wildman–Crippen MR) is 246 cm³/mol. The number of unbranched alkanes of at least 4 members (excludes halogenated alkanes) is 13. The van der Waals surface area contributed by atoms with Crippen LogP contribution in [0, 0.1) is 0 Å². The summed E-state index contributed by atoms with van der Waals surface area (Å²) in [4.78, 5) is 0. The zero-order valence-electron chi connectivity index (χ0n) is 37.1. The Morgan fingerprint density at radius 1 is 0.200 bits per heavy atom. The van der Waals surface area contributed by atoms with Crippen molar-refractivity contribution in [2.45, 2.75) is 149 Å². The first-order chi connectivity index (χ1) is 27.4. The zero-order valence-corrected chi connectivity index (χ0v) is 37.1. The Hall–Kier alpha value is -0.660. The molecule has 0 amide bonds. The smallest absolute Gasteiger partial charge is 0.0135 e. The molecule has 0 aromatic carbocycles. The highest BCUT2D eigenvalue weighted by Gasteiger charge is 1.96. The van der Waals surface area contributed by atoms with Crippen LogP contribution in [0.2, 0.25) is 0 Å². The summed E-state index contributed by atoms with van der Waals surface area (Å²) >= 11 is 0. The fraction of sp³-hybridized carbons (Fsp3) is 0.956. The summed E-state index contributed by atoms with van der Waals surface area (Å²) in [5, 5.41) is 35.6. The van der Waals surface area contributed by atoms with E-state index in [4.69, 9.17) is 0 Å². The van der Waals surface area contributed by atoms with Crippen LogP contribution in [-0.2, 0) is 0 Å². The Bertz CT molecular complexity index is 684. The second-order valence-electron chi connectivity index (χ2n) is 15.5. The molecule has 10 heteroatoms. The molecule has 0 radical (unpaired) electrons. The van der Waals surface area contributed by atoms with Gasteiger partial charge in [0.1, 0.15) is 0 Å². The number of rotatable bonds is 51. The van der Waals surface area contributed by atoms with Gasteiger partial charge in [0.15, 0.2) is 0 Å². The van der Waals surface area contributed by atoms with Crippen LogP contribution in [-0.4, -0.2) is 131 Å². The number of nitrogens with one attached hydrogen (secondary N) is 10. The van der Waals surface area contributed by atoms with Crippen molar-refractivity contribution in [1.82, 2.24) is 53.2 Å². The molecule has 0 bridgehead atoms. The van der Waals surface area contributed by atoms with Crippen LogP contribution in [0.1, 0.15) is 149 Å². The van der Waals surface area contributed by atoms with E-state index in [1.54, 1.807) is 0 Å². The zero-order chi connectivity index (χ0) is 39.5. The lowest BCUT2D eigenvalue weighted by Crippen LogP contribution is -2.23. The molecule has 0 aliphatic carbocycles. The van der Waals surface area contributed by atoms with Gasteiger partial charge in [-0.3, -0.25) is 0 Å². The van der Waals surface area contributed by atoms with E-state index in [1.165, 1.54) is 200 Å². The van der Waals surface area contributed by atoms with Gasteiger partial charge in [-0.1, -0.05) is 64.5 Å². The minimum Gasteiger partial charge on any atom is -0.317 e. The fourth-order valence-electron chi connectivity index (χ4n) is 6.54. The van der Waals surface area contributed by atoms with Gasteiger partial charge in [-0.15, -0.1) is 0 Å². The Kier molecular flexibility index (Phi) is 52.7. The molecule has 10 N–H and O–H groups in total. The summed E-state index contributed by atoms with van der Waals surface area (Å²) in [5.41, 5.74) is 0. The molecular formula is C45H100N10. The molecule has 0 aliphatic heterocycles. The summed E-state index contributed by atoms with van der Waals surface area (Å²) in [6, 6.07) is 0. The molecule has 0 rings (SSSR count). The Labute approximate surface area is 344 Å². The van der Waals surface area contributed by atoms with Crippen molar-refractivity contribution >= 4 is 0 Å². The van der Waals surface area contributed by atoms with Crippen molar-refractivity contribution in [3.8, 4) is 0 Å². The van der Waals surface area contributed by atoms with Crippen molar-refractivity contribution < 1.29 is 0 Å². The topological polar surface area (TPSA) is 120 Å². The van der Waals surface area contributed by atoms with Crippen molar-refractivity contribution in [2.75, 3.05) is 131 Å². The molecule has 0 saturated heterocycles. The van der Waals surface area contributed by atoms with E-state index in [0.717, 1.165) is 65.4 Å². The minimum atomic E-state index is 0.971. The minimum absolute atomic E-state index is 0.971. The van der Waals surface area contributed by atoms with Gasteiger partial charge in [0.05, 0.1) is 0 Å². The lowest BCUT2D eigenvalue weighted by atomic mass is 10.2. The average molecular weight is 781 g/mol. The van der Waals surface area contributed by atoms with Crippen molar-refractivity contribution in [3.05, 3.63) is 12.2 Å². The Morgan fingerprint density at radius 3 is 0.636 bits per heavy atom. The van der Waals surface area contributed by atoms with Crippen LogP contribution in [0.4, 0.5) is 0 Å². The van der Waals surface area contributed by atoms with E-state index in [0.29, 0.717) is 0 Å². The highest BCUT2D eigenvalue weighted by molar-refractivity contribution is 4.85. The van der Waals surface area contributed by atoms with E-state index in [2.05, 4.69) is 79.2 Å². The molecule has 10 nitrogen and oxygen atoms in total. The maximum absolute atomic E-state index is 3.63. The Balaban J connectivity index is 3.10. The van der Waals surface area contributed by atoms with Crippen molar-refractivity contribution in [2.24, 2.45) is 0 Å². The van der Waals surface area contributed by atoms with E-state index in [9.17, 15) is 0 Å². The molecule has 0 unspecified atom stereocenters. The van der Waals surface area contributed by atoms with E-state index in [1.807, 2.05) is 0 Å². The van der Waals surface area contributed by atoms with Crippen LogP contribution in [0.3, 0.4) is 0 Å². The highest BCUT2D eigenvalue weighted by atomic mass is 14.9. The molecule has 330 valence electrons. The van der Waals surface area contributed by atoms with Gasteiger partial charge in [0.25, 0.3) is 0 Å². The predicted octanol–water partition coefficient (Wildman–Crippen LogP) is 5.67. The number of hydrogen-bond acceptors (Lipinski definition) is 10. The van der Waals surface area contributed by atoms with Gasteiger partial charge in [-0.25, -0.2) is 0 Å². The van der Waals surface area contributed by atoms with Crippen LogP contribution in [0.5, 0.6) is 0 Å². The van der Waals surface area contributed by atoms with Crippen LogP contribution < -0.4 is 53.2 Å². The molecule has 0 heterocycles. The lowest BCUT2D eigenvalue weighted by molar-refractivity contribution is 0.532. The molecule has 0 aliphatic rings. The first-order valence-corrected chi connectivity index (χ1v) is 24.1. The summed E-state index contributed by atoms with van der Waals surface area (Å²) in [6.07, 6.45) is 31.9. The van der Waals surface area contributed by atoms with Crippen LogP contribution in [0.15, 0.2) is 12.2 Å². The fourth-order valence-corrected chi connectivity index (χ4v) is 6.54. The molecular weight excluding hydrogens is 681 g/mol. The summed E-state index contributed by atoms with van der Waals surface area (Å²) in [5.74, 6) is 0. The van der Waals surface area contributed by atoms with Crippen LogP contribution in [0.25, 0.3) is 0 Å². The van der Waals surface area contributed by atoms with E-state index < -0.39 is 0 Å². The van der Waals surface area contributed by atoms with Crippen LogP contribution >= 0.6 is 0 Å². The standard InChI is InChI=1S/C45H100N10/c1-3-46-28-11-5-13-30-48-32-15-7-17-34-50-36-19-9-21-38-52-40-23-24-41-53-42-25-26-43-55-45-27-44-54-39-22-10-20-37-51-35-18-8-16-33-49-31-14-6-12-29-47-4-2/h25-26,46-55H,3-24,27-45H2,1-2H3/b26-25+. The van der Waals surface area contributed by atoms with E-state index >= 15 is 0 Å². The normalized spacial score (nSPS) is 11.8. The SMILES string of the molecule is CCNCCCCCNCCCCCNCCCCCNCCCCNC/C=C/CNCCCNCCCCCNCCCCCNCCCCCNCC. The van der Waals surface area contributed by atoms with Gasteiger partial charge in [0, 0.05) is 13.1 Å². The third kappa shape index (κ3) is 53.3. The van der Waals surface area contributed by atoms with Crippen molar-refractivity contribution in [3.63, 3.8) is 0 Å². The molecule has 0 saturated carbocycles. The monoisotopic (exact) mass is 781 g/mol. The largest absolute Gasteiger partial charge is 0.317 e. The van der Waals surface area contributed by atoms with Gasteiger partial charge in [-0.05, 0) is 214 Å². The molecule has 0 aromatic rings. The van der Waals surface area contributed by atoms with Crippen molar-refractivity contribution in [1.29, 1.82) is 0 Å². The molecule has 55 heavy (non-hydrogen) atoms. The van der Waals surface area contributed by atoms with Gasteiger partial charge >= 0.3 is 0 Å². The van der Waals surface area contributed by atoms with Gasteiger partial charge in [-0.2, -0.15) is 0 Å². The summed E-state index contributed by atoms with van der Waals surface area (Å²) in [6.45, 7) is 27.0. The van der Waals surface area contributed by atoms with E-state index in [-0.39, 0.29) is 0 Å². The molecule has 0 aromatic heterocycles. The summed E-state index contributed by atoms with van der Waals surface area (Å²) < 4.78 is 0. The molecule has 0 atom stereocenters. The Morgan fingerprint density at radius 2 is 0.382 bits per heavy atom. The maximum atomic E-state index is 3.63. The van der Waals surface area contributed by atoms with Gasteiger partial charge < -0.3 is 53.2 Å². The average Bonchev–Trinajstić information content (AvgIpc) is 3.20. The number of hydrogen-bond donors (Lipinski definition) is 10. The highest BCUT2D eigenvalue weighted by Crippen LogP contribution is 1.98. The van der Waals surface area contributed by atoms with Gasteiger partial charge in [0.2, 0.25) is 0 Å². The first kappa shape index (κ1) is 54.3. The summed E-state index contributed by atoms with van der Waals surface area (Å²) in [7, 11) is 0. The third-order valence-corrected chi connectivity index (χ3v) is 10.1. The first-order valence-electron chi connectivity index (χ1n) is 24.1. The third-order valence-electron chi connectivity index (χ3n) is 10.1. The molecule has 0 fully saturated rings. The quantitative estimate of drug-likeness (QED) is 0.0280.